The molecule has 168 valence electrons. The number of aromatic nitrogens is 2. The highest BCUT2D eigenvalue weighted by Gasteiger charge is 2.34. The Hall–Kier alpha value is -2.74. The quantitative estimate of drug-likeness (QED) is 0.783. The topological polar surface area (TPSA) is 79.3 Å². The third kappa shape index (κ3) is 4.63. The second kappa shape index (κ2) is 8.78. The first-order valence-corrected chi connectivity index (χ1v) is 10.6. The lowest BCUT2D eigenvalue weighted by Gasteiger charge is -2.29. The Morgan fingerprint density at radius 3 is 2.58 bits per heavy atom. The number of likely N-dealkylation sites (N-methyl/N-ethyl adjacent to an activating group) is 1. The van der Waals surface area contributed by atoms with Gasteiger partial charge in [-0.1, -0.05) is 32.9 Å². The standard InChI is InChI=1S/C23H32FN5O2/c1-14-15(9-7-10-16(14)24)20-26-18(17-13-28(6)11-8-12-29(17)20)21(30)27-19(22(31)25-5)23(2,3)4/h7,9-10,19H,8,11-13H2,1-6H3,(H,25,31)(H,27,30). The van der Waals surface area contributed by atoms with Crippen molar-refractivity contribution in [2.24, 2.45) is 5.41 Å². The van der Waals surface area contributed by atoms with Gasteiger partial charge in [-0.15, -0.1) is 0 Å². The second-order valence-electron chi connectivity index (χ2n) is 9.27. The van der Waals surface area contributed by atoms with E-state index in [1.54, 1.807) is 20.0 Å². The number of nitrogens with zero attached hydrogens (tertiary/aromatic N) is 3. The molecule has 1 aliphatic rings. The van der Waals surface area contributed by atoms with Gasteiger partial charge in [0.15, 0.2) is 5.69 Å². The van der Waals surface area contributed by atoms with Crippen LogP contribution in [0, 0.1) is 18.2 Å². The Bertz CT molecular complexity index is 993. The van der Waals surface area contributed by atoms with Crippen molar-refractivity contribution in [1.29, 1.82) is 0 Å². The van der Waals surface area contributed by atoms with Gasteiger partial charge in [-0.05, 0) is 44.0 Å². The van der Waals surface area contributed by atoms with Gasteiger partial charge in [0.2, 0.25) is 5.91 Å². The number of carbonyl (C=O) groups is 2. The van der Waals surface area contributed by atoms with E-state index < -0.39 is 17.4 Å². The van der Waals surface area contributed by atoms with Crippen LogP contribution in [0.25, 0.3) is 11.4 Å². The van der Waals surface area contributed by atoms with Gasteiger partial charge in [0, 0.05) is 25.7 Å². The van der Waals surface area contributed by atoms with E-state index in [4.69, 9.17) is 0 Å². The van der Waals surface area contributed by atoms with Crippen LogP contribution in [0.4, 0.5) is 4.39 Å². The molecule has 31 heavy (non-hydrogen) atoms. The molecule has 2 aromatic rings. The van der Waals surface area contributed by atoms with Crippen LogP contribution in [0.2, 0.25) is 0 Å². The third-order valence-corrected chi connectivity index (χ3v) is 5.79. The summed E-state index contributed by atoms with van der Waals surface area (Å²) in [7, 11) is 3.55. The zero-order chi connectivity index (χ0) is 22.9. The molecule has 7 nitrogen and oxygen atoms in total. The largest absolute Gasteiger partial charge is 0.357 e. The molecule has 2 N–H and O–H groups in total. The summed E-state index contributed by atoms with van der Waals surface area (Å²) in [6, 6.07) is 4.19. The average molecular weight is 430 g/mol. The number of nitrogens with one attached hydrogen (secondary N) is 2. The predicted molar refractivity (Wildman–Crippen MR) is 118 cm³/mol. The van der Waals surface area contributed by atoms with E-state index in [9.17, 15) is 14.0 Å². The number of halogens is 1. The minimum Gasteiger partial charge on any atom is -0.357 e. The van der Waals surface area contributed by atoms with Crippen LogP contribution in [0.5, 0.6) is 0 Å². The van der Waals surface area contributed by atoms with Crippen LogP contribution in [0.15, 0.2) is 18.2 Å². The number of imidazole rings is 1. The summed E-state index contributed by atoms with van der Waals surface area (Å²) in [5, 5.41) is 5.50. The van der Waals surface area contributed by atoms with Crippen molar-refractivity contribution in [2.45, 2.75) is 53.2 Å². The highest BCUT2D eigenvalue weighted by Crippen LogP contribution is 2.30. The summed E-state index contributed by atoms with van der Waals surface area (Å²) >= 11 is 0. The lowest BCUT2D eigenvalue weighted by Crippen LogP contribution is -2.53. The molecule has 0 fully saturated rings. The summed E-state index contributed by atoms with van der Waals surface area (Å²) in [5.74, 6) is -0.383. The van der Waals surface area contributed by atoms with Crippen molar-refractivity contribution in [3.63, 3.8) is 0 Å². The summed E-state index contributed by atoms with van der Waals surface area (Å²) in [6.07, 6.45) is 0.894. The van der Waals surface area contributed by atoms with Crippen molar-refractivity contribution >= 4 is 11.8 Å². The van der Waals surface area contributed by atoms with Crippen LogP contribution in [0.3, 0.4) is 0 Å². The smallest absolute Gasteiger partial charge is 0.272 e. The van der Waals surface area contributed by atoms with Crippen molar-refractivity contribution in [3.8, 4) is 11.4 Å². The Balaban J connectivity index is 2.10. The fourth-order valence-corrected chi connectivity index (χ4v) is 3.98. The molecule has 1 atom stereocenters. The molecule has 0 spiro atoms. The second-order valence-corrected chi connectivity index (χ2v) is 9.27. The maximum Gasteiger partial charge on any atom is 0.272 e. The van der Waals surface area contributed by atoms with E-state index in [-0.39, 0.29) is 17.4 Å². The summed E-state index contributed by atoms with van der Waals surface area (Å²) in [6.45, 7) is 9.53. The van der Waals surface area contributed by atoms with Crippen LogP contribution in [-0.4, -0.2) is 52.9 Å². The first-order valence-electron chi connectivity index (χ1n) is 10.6. The molecule has 0 aliphatic carbocycles. The number of hydrogen-bond acceptors (Lipinski definition) is 4. The lowest BCUT2D eigenvalue weighted by atomic mass is 9.86. The molecule has 1 aromatic heterocycles. The molecule has 2 amide bonds. The highest BCUT2D eigenvalue weighted by molar-refractivity contribution is 5.98. The Morgan fingerprint density at radius 2 is 1.94 bits per heavy atom. The Morgan fingerprint density at radius 1 is 1.23 bits per heavy atom. The number of rotatable bonds is 4. The summed E-state index contributed by atoms with van der Waals surface area (Å²) in [4.78, 5) is 32.6. The van der Waals surface area contributed by atoms with Crippen LogP contribution in [-0.2, 0) is 17.9 Å². The predicted octanol–water partition coefficient (Wildman–Crippen LogP) is 2.72. The SMILES string of the molecule is CNC(=O)C(NC(=O)c1nc(-c2cccc(F)c2C)n2c1CN(C)CCC2)C(C)(C)C. The zero-order valence-electron chi connectivity index (χ0n) is 19.2. The van der Waals surface area contributed by atoms with Crippen molar-refractivity contribution in [1.82, 2.24) is 25.1 Å². The van der Waals surface area contributed by atoms with Gasteiger partial charge < -0.3 is 20.1 Å². The number of hydrogen-bond donors (Lipinski definition) is 2. The van der Waals surface area contributed by atoms with Crippen molar-refractivity contribution in [2.75, 3.05) is 20.6 Å². The summed E-state index contributed by atoms with van der Waals surface area (Å²) in [5.41, 5.74) is 1.75. The average Bonchev–Trinajstić information content (AvgIpc) is 2.92. The molecule has 8 heteroatoms. The fourth-order valence-electron chi connectivity index (χ4n) is 3.98. The minimum atomic E-state index is -0.717. The molecular formula is C23H32FN5O2. The van der Waals surface area contributed by atoms with E-state index in [0.29, 0.717) is 30.0 Å². The molecule has 0 radical (unpaired) electrons. The first-order chi connectivity index (χ1) is 14.5. The van der Waals surface area contributed by atoms with Crippen LogP contribution in [0.1, 0.15) is 48.9 Å². The minimum absolute atomic E-state index is 0.260. The van der Waals surface area contributed by atoms with Crippen LogP contribution < -0.4 is 10.6 Å². The maximum absolute atomic E-state index is 14.3. The van der Waals surface area contributed by atoms with Crippen molar-refractivity contribution < 1.29 is 14.0 Å². The molecule has 2 heterocycles. The van der Waals surface area contributed by atoms with Gasteiger partial charge in [-0.3, -0.25) is 9.59 Å². The number of fused-ring (bicyclic) bond motifs is 1. The van der Waals surface area contributed by atoms with E-state index in [1.165, 1.54) is 6.07 Å². The molecule has 0 saturated heterocycles. The van der Waals surface area contributed by atoms with Gasteiger partial charge in [0.25, 0.3) is 5.91 Å². The van der Waals surface area contributed by atoms with Crippen LogP contribution >= 0.6 is 0 Å². The monoisotopic (exact) mass is 429 g/mol. The number of amides is 2. The van der Waals surface area contributed by atoms with Gasteiger partial charge in [0.05, 0.1) is 5.69 Å². The maximum atomic E-state index is 14.3. The Labute approximate surface area is 183 Å². The van der Waals surface area contributed by atoms with Gasteiger partial charge in [0.1, 0.15) is 17.7 Å². The summed E-state index contributed by atoms with van der Waals surface area (Å²) < 4.78 is 16.3. The fraction of sp³-hybridized carbons (Fsp3) is 0.522. The molecule has 1 aromatic carbocycles. The van der Waals surface area contributed by atoms with Gasteiger partial charge in [-0.25, -0.2) is 9.37 Å². The van der Waals surface area contributed by atoms with Crippen molar-refractivity contribution in [3.05, 3.63) is 41.0 Å². The highest BCUT2D eigenvalue weighted by atomic mass is 19.1. The van der Waals surface area contributed by atoms with E-state index in [2.05, 4.69) is 20.5 Å². The molecule has 0 bridgehead atoms. The Kier molecular flexibility index (Phi) is 6.50. The molecule has 1 unspecified atom stereocenters. The first kappa shape index (κ1) is 22.9. The number of carbonyl (C=O) groups excluding carboxylic acids is 2. The normalized spacial score (nSPS) is 15.7. The van der Waals surface area contributed by atoms with Gasteiger partial charge >= 0.3 is 0 Å². The number of benzene rings is 1. The van der Waals surface area contributed by atoms with E-state index in [0.717, 1.165) is 18.7 Å². The molecule has 3 rings (SSSR count). The van der Waals surface area contributed by atoms with E-state index >= 15 is 0 Å². The third-order valence-electron chi connectivity index (χ3n) is 5.79. The lowest BCUT2D eigenvalue weighted by molar-refractivity contribution is -0.124. The van der Waals surface area contributed by atoms with E-state index in [1.807, 2.05) is 38.5 Å². The molecule has 1 aliphatic heterocycles. The molecule has 0 saturated carbocycles. The zero-order valence-corrected chi connectivity index (χ0v) is 19.2. The molecular weight excluding hydrogens is 397 g/mol. The van der Waals surface area contributed by atoms with Gasteiger partial charge in [-0.2, -0.15) is 0 Å².